The van der Waals surface area contributed by atoms with Crippen molar-refractivity contribution in [3.8, 4) is 5.97 Å². The average Bonchev–Trinajstić information content (AvgIpc) is 1.98. The third-order valence-electron chi connectivity index (χ3n) is 2.19. The van der Waals surface area contributed by atoms with Gasteiger partial charge in [-0.15, -0.1) is 6.58 Å². The molecule has 12 heavy (non-hydrogen) atoms. The van der Waals surface area contributed by atoms with E-state index in [1.54, 1.807) is 0 Å². The molecule has 0 aromatic carbocycles. The number of allylic oxidation sites excluding steroid dienone is 1. The van der Waals surface area contributed by atoms with E-state index >= 15 is 0 Å². The number of hydrogen-bond donors (Lipinski definition) is 0. The van der Waals surface area contributed by atoms with Crippen molar-refractivity contribution in [2.75, 3.05) is 20.6 Å². The normalized spacial score (nSPS) is 10.8. The summed E-state index contributed by atoms with van der Waals surface area (Å²) in [7, 11) is 3.85. The molecular formula is C9H19BN2. The van der Waals surface area contributed by atoms with E-state index in [0.717, 1.165) is 17.4 Å². The summed E-state index contributed by atoms with van der Waals surface area (Å²) in [6.45, 7) is 4.82. The van der Waals surface area contributed by atoms with Gasteiger partial charge in [0.1, 0.15) is 0 Å². The zero-order valence-corrected chi connectivity index (χ0v) is 8.51. The third kappa shape index (κ3) is 6.00. The molecule has 0 aromatic rings. The highest BCUT2D eigenvalue weighted by atomic mass is 15.2. The van der Waals surface area contributed by atoms with Gasteiger partial charge in [-0.3, -0.25) is 0 Å². The Balaban J connectivity index is 3.48. The lowest BCUT2D eigenvalue weighted by Gasteiger charge is -2.36. The van der Waals surface area contributed by atoms with Gasteiger partial charge >= 0.3 is 0 Å². The smallest absolute Gasteiger partial charge is 0.281 e. The minimum absolute atomic E-state index is 0.450. The molecule has 3 heteroatoms. The SMILES string of the molecule is C=CCCCC[N+](C)(C)[BH2-]C#N. The molecular weight excluding hydrogens is 147 g/mol. The fourth-order valence-corrected chi connectivity index (χ4v) is 1.26. The molecule has 0 radical (unpaired) electrons. The monoisotopic (exact) mass is 166 g/mol. The van der Waals surface area contributed by atoms with Crippen molar-refractivity contribution in [2.45, 2.75) is 19.3 Å². The largest absolute Gasteiger partial charge is 0.513 e. The Labute approximate surface area is 76.3 Å². The van der Waals surface area contributed by atoms with Crippen LogP contribution in [0.4, 0.5) is 0 Å². The summed E-state index contributed by atoms with van der Waals surface area (Å²) in [5, 5.41) is 8.58. The van der Waals surface area contributed by atoms with E-state index in [4.69, 9.17) is 5.26 Å². The summed E-state index contributed by atoms with van der Waals surface area (Å²) in [6, 6.07) is 0. The first-order valence-electron chi connectivity index (χ1n) is 4.70. The van der Waals surface area contributed by atoms with Crippen LogP contribution >= 0.6 is 0 Å². The molecule has 0 saturated carbocycles. The van der Waals surface area contributed by atoms with E-state index in [0.29, 0.717) is 0 Å². The highest BCUT2D eigenvalue weighted by Gasteiger charge is 2.05. The molecule has 2 nitrogen and oxygen atoms in total. The van der Waals surface area contributed by atoms with Crippen LogP contribution in [-0.4, -0.2) is 32.4 Å². The van der Waals surface area contributed by atoms with Crippen LogP contribution in [0.5, 0.6) is 0 Å². The Bertz CT molecular complexity index is 170. The van der Waals surface area contributed by atoms with Crippen LogP contribution < -0.4 is 0 Å². The molecule has 0 bridgehead atoms. The maximum atomic E-state index is 8.58. The van der Waals surface area contributed by atoms with E-state index in [1.807, 2.05) is 6.08 Å². The van der Waals surface area contributed by atoms with Gasteiger partial charge in [0.05, 0.1) is 0 Å². The predicted octanol–water partition coefficient (Wildman–Crippen LogP) is 0.984. The molecule has 68 valence electrons. The molecule has 0 rings (SSSR count). The fourth-order valence-electron chi connectivity index (χ4n) is 1.26. The van der Waals surface area contributed by atoms with Crippen molar-refractivity contribution in [2.24, 2.45) is 0 Å². The highest BCUT2D eigenvalue weighted by molar-refractivity contribution is 6.36. The quantitative estimate of drug-likeness (QED) is 0.328. The fraction of sp³-hybridized carbons (Fsp3) is 0.667. The Hall–Kier alpha value is -0.745. The Morgan fingerprint density at radius 1 is 1.50 bits per heavy atom. The third-order valence-corrected chi connectivity index (χ3v) is 2.19. The number of hydrogen-bond acceptors (Lipinski definition) is 1. The minimum Gasteiger partial charge on any atom is -0.513 e. The van der Waals surface area contributed by atoms with Crippen molar-refractivity contribution in [3.63, 3.8) is 0 Å². The molecule has 0 saturated heterocycles. The molecule has 0 fully saturated rings. The van der Waals surface area contributed by atoms with Gasteiger partial charge < -0.3 is 4.39 Å². The maximum absolute atomic E-state index is 8.58. The molecule has 0 unspecified atom stereocenters. The van der Waals surface area contributed by atoms with Gasteiger partial charge in [-0.25, -0.2) is 5.26 Å². The molecule has 0 atom stereocenters. The van der Waals surface area contributed by atoms with Crippen molar-refractivity contribution >= 4 is 7.41 Å². The Morgan fingerprint density at radius 3 is 2.67 bits per heavy atom. The first kappa shape index (κ1) is 11.3. The first-order valence-corrected chi connectivity index (χ1v) is 4.70. The van der Waals surface area contributed by atoms with Crippen molar-refractivity contribution < 1.29 is 4.39 Å². The van der Waals surface area contributed by atoms with E-state index in [9.17, 15) is 0 Å². The van der Waals surface area contributed by atoms with Gasteiger partial charge in [0.15, 0.2) is 0 Å². The van der Waals surface area contributed by atoms with Crippen LogP contribution in [0.2, 0.25) is 0 Å². The van der Waals surface area contributed by atoms with Gasteiger partial charge in [-0.1, -0.05) is 12.0 Å². The molecule has 0 spiro atoms. The van der Waals surface area contributed by atoms with Crippen LogP contribution in [0.3, 0.4) is 0 Å². The second-order valence-corrected chi connectivity index (χ2v) is 4.25. The molecule has 0 N–H and O–H groups in total. The molecule has 0 heterocycles. The molecule has 0 aliphatic rings. The van der Waals surface area contributed by atoms with Crippen molar-refractivity contribution in [1.29, 1.82) is 5.26 Å². The standard InChI is InChI=1S/C9H19BN2/c1-4-5-6-7-8-12(2,3)10-9-11/h4H,1,5-8,10H2,2-3H3. The number of quaternary nitrogens is 1. The first-order chi connectivity index (χ1) is 5.62. The van der Waals surface area contributed by atoms with Gasteiger partial charge in [-0.2, -0.15) is 0 Å². The van der Waals surface area contributed by atoms with E-state index in [1.165, 1.54) is 12.8 Å². The second kappa shape index (κ2) is 5.85. The van der Waals surface area contributed by atoms with Crippen molar-refractivity contribution in [1.82, 2.24) is 0 Å². The van der Waals surface area contributed by atoms with Crippen LogP contribution in [0, 0.1) is 11.2 Å². The predicted molar refractivity (Wildman–Crippen MR) is 55.2 cm³/mol. The summed E-state index contributed by atoms with van der Waals surface area (Å²) >= 11 is 0. The van der Waals surface area contributed by atoms with Crippen molar-refractivity contribution in [3.05, 3.63) is 12.7 Å². The number of nitriles is 1. The lowest BCUT2D eigenvalue weighted by Crippen LogP contribution is -2.43. The number of rotatable bonds is 6. The Morgan fingerprint density at radius 2 is 2.17 bits per heavy atom. The maximum Gasteiger partial charge on any atom is 0.281 e. The Kier molecular flexibility index (Phi) is 5.49. The van der Waals surface area contributed by atoms with Crippen LogP contribution in [0.15, 0.2) is 12.7 Å². The summed E-state index contributed by atoms with van der Waals surface area (Å²) < 4.78 is 0.938. The van der Waals surface area contributed by atoms with Gasteiger partial charge in [0.2, 0.25) is 0 Å². The molecule has 0 aliphatic carbocycles. The second-order valence-electron chi connectivity index (χ2n) is 4.25. The lowest BCUT2D eigenvalue weighted by atomic mass is 9.91. The topological polar surface area (TPSA) is 23.8 Å². The summed E-state index contributed by atoms with van der Waals surface area (Å²) in [6.07, 6.45) is 5.49. The zero-order chi connectivity index (χ0) is 9.45. The number of nitrogens with zero attached hydrogens (tertiary/aromatic N) is 2. The zero-order valence-electron chi connectivity index (χ0n) is 8.51. The van der Waals surface area contributed by atoms with Crippen LogP contribution in [-0.2, 0) is 0 Å². The van der Waals surface area contributed by atoms with Gasteiger partial charge in [0.25, 0.3) is 7.41 Å². The molecule has 0 amide bonds. The summed E-state index contributed by atoms with van der Waals surface area (Å²) in [4.78, 5) is 0. The van der Waals surface area contributed by atoms with Gasteiger partial charge in [-0.05, 0) is 19.3 Å². The highest BCUT2D eigenvalue weighted by Crippen LogP contribution is 2.01. The number of unbranched alkanes of at least 4 members (excludes halogenated alkanes) is 2. The van der Waals surface area contributed by atoms with E-state index < -0.39 is 7.41 Å². The summed E-state index contributed by atoms with van der Waals surface area (Å²) in [5.41, 5.74) is 0. The molecule has 0 aliphatic heterocycles. The summed E-state index contributed by atoms with van der Waals surface area (Å²) in [5.74, 6) is 2.33. The minimum atomic E-state index is -0.450. The lowest BCUT2D eigenvalue weighted by molar-refractivity contribution is -0.777. The van der Waals surface area contributed by atoms with E-state index in [-0.39, 0.29) is 0 Å². The molecule has 0 aromatic heterocycles. The van der Waals surface area contributed by atoms with Gasteiger partial charge in [0, 0.05) is 20.6 Å². The van der Waals surface area contributed by atoms with Crippen LogP contribution in [0.1, 0.15) is 19.3 Å². The van der Waals surface area contributed by atoms with E-state index in [2.05, 4.69) is 26.6 Å². The van der Waals surface area contributed by atoms with Crippen LogP contribution in [0.25, 0.3) is 0 Å². The average molecular weight is 166 g/mol.